The van der Waals surface area contributed by atoms with Gasteiger partial charge in [-0.15, -0.1) is 0 Å². The monoisotopic (exact) mass is 277 g/mol. The van der Waals surface area contributed by atoms with Gasteiger partial charge in [-0.2, -0.15) is 0 Å². The minimum Gasteiger partial charge on any atom is -0.399 e. The van der Waals surface area contributed by atoms with Gasteiger partial charge in [0, 0.05) is 25.3 Å². The second-order valence-electron chi connectivity index (χ2n) is 5.02. The number of likely N-dealkylation sites (N-methyl/N-ethyl adjacent to an activating group) is 1. The lowest BCUT2D eigenvalue weighted by Crippen LogP contribution is -2.40. The summed E-state index contributed by atoms with van der Waals surface area (Å²) in [7, 11) is 0. The SMILES string of the molecule is CCCN(CC(=O)N(CC)CC)Cc1ccc(N)cc1. The molecule has 0 fully saturated rings. The maximum Gasteiger partial charge on any atom is 0.236 e. The summed E-state index contributed by atoms with van der Waals surface area (Å²) in [4.78, 5) is 16.3. The minimum atomic E-state index is 0.207. The molecular formula is C16H27N3O. The third-order valence-electron chi connectivity index (χ3n) is 3.40. The molecule has 2 N–H and O–H groups in total. The molecule has 20 heavy (non-hydrogen) atoms. The number of hydrogen-bond donors (Lipinski definition) is 1. The van der Waals surface area contributed by atoms with Crippen LogP contribution in [0, 0.1) is 0 Å². The van der Waals surface area contributed by atoms with Crippen molar-refractivity contribution in [2.45, 2.75) is 33.7 Å². The molecule has 0 aliphatic rings. The van der Waals surface area contributed by atoms with Gasteiger partial charge in [0.2, 0.25) is 5.91 Å². The van der Waals surface area contributed by atoms with Gasteiger partial charge in [0.1, 0.15) is 0 Å². The summed E-state index contributed by atoms with van der Waals surface area (Å²) in [5, 5.41) is 0. The second kappa shape index (κ2) is 8.59. The predicted octanol–water partition coefficient (Wildman–Crippen LogP) is 2.35. The molecule has 0 saturated heterocycles. The molecule has 0 saturated carbocycles. The molecule has 0 aliphatic carbocycles. The molecule has 0 spiro atoms. The summed E-state index contributed by atoms with van der Waals surface area (Å²) < 4.78 is 0. The van der Waals surface area contributed by atoms with Crippen molar-refractivity contribution in [1.29, 1.82) is 0 Å². The highest BCUT2D eigenvalue weighted by Crippen LogP contribution is 2.09. The van der Waals surface area contributed by atoms with Gasteiger partial charge in [0.05, 0.1) is 6.54 Å². The zero-order valence-corrected chi connectivity index (χ0v) is 12.9. The van der Waals surface area contributed by atoms with Crippen LogP contribution >= 0.6 is 0 Å². The Morgan fingerprint density at radius 3 is 2.20 bits per heavy atom. The largest absolute Gasteiger partial charge is 0.399 e. The van der Waals surface area contributed by atoms with Gasteiger partial charge in [0.15, 0.2) is 0 Å². The molecule has 1 rings (SSSR count). The number of carbonyl (C=O) groups is 1. The van der Waals surface area contributed by atoms with E-state index in [1.807, 2.05) is 43.0 Å². The zero-order chi connectivity index (χ0) is 15.0. The van der Waals surface area contributed by atoms with Crippen molar-refractivity contribution >= 4 is 11.6 Å². The zero-order valence-electron chi connectivity index (χ0n) is 12.9. The Balaban J connectivity index is 2.64. The summed E-state index contributed by atoms with van der Waals surface area (Å²) in [5.41, 5.74) is 7.67. The molecule has 4 nitrogen and oxygen atoms in total. The molecule has 0 bridgehead atoms. The average Bonchev–Trinajstić information content (AvgIpc) is 2.43. The lowest BCUT2D eigenvalue weighted by Gasteiger charge is -2.25. The summed E-state index contributed by atoms with van der Waals surface area (Å²) in [6.07, 6.45) is 1.04. The van der Waals surface area contributed by atoms with Crippen LogP contribution in [0.25, 0.3) is 0 Å². The third kappa shape index (κ3) is 5.21. The van der Waals surface area contributed by atoms with Crippen LogP contribution in [0.2, 0.25) is 0 Å². The van der Waals surface area contributed by atoms with Gasteiger partial charge >= 0.3 is 0 Å². The highest BCUT2D eigenvalue weighted by atomic mass is 16.2. The van der Waals surface area contributed by atoms with E-state index < -0.39 is 0 Å². The van der Waals surface area contributed by atoms with Crippen LogP contribution in [-0.2, 0) is 11.3 Å². The number of amides is 1. The van der Waals surface area contributed by atoms with Gasteiger partial charge in [0.25, 0.3) is 0 Å². The molecule has 4 heteroatoms. The van der Waals surface area contributed by atoms with Gasteiger partial charge in [-0.1, -0.05) is 19.1 Å². The standard InChI is InChI=1S/C16H27N3O/c1-4-11-18(13-16(20)19(5-2)6-3)12-14-7-9-15(17)10-8-14/h7-10H,4-6,11-13,17H2,1-3H3. The normalized spacial score (nSPS) is 10.8. The van der Waals surface area contributed by atoms with E-state index in [1.165, 1.54) is 5.56 Å². The van der Waals surface area contributed by atoms with E-state index in [9.17, 15) is 4.79 Å². The van der Waals surface area contributed by atoms with E-state index in [0.29, 0.717) is 6.54 Å². The molecule has 0 aromatic heterocycles. The van der Waals surface area contributed by atoms with E-state index in [1.54, 1.807) is 0 Å². The highest BCUT2D eigenvalue weighted by Gasteiger charge is 2.14. The van der Waals surface area contributed by atoms with Crippen LogP contribution < -0.4 is 5.73 Å². The number of hydrogen-bond acceptors (Lipinski definition) is 3. The smallest absolute Gasteiger partial charge is 0.236 e. The number of rotatable bonds is 8. The molecule has 1 aromatic rings. The van der Waals surface area contributed by atoms with Crippen LogP contribution in [0.5, 0.6) is 0 Å². The first kappa shape index (κ1) is 16.5. The number of nitrogen functional groups attached to an aromatic ring is 1. The molecule has 0 heterocycles. The number of anilines is 1. The van der Waals surface area contributed by atoms with E-state index in [-0.39, 0.29) is 5.91 Å². The fourth-order valence-electron chi connectivity index (χ4n) is 2.28. The molecule has 1 amide bonds. The molecule has 0 aliphatic heterocycles. The number of nitrogens with zero attached hydrogens (tertiary/aromatic N) is 2. The van der Waals surface area contributed by atoms with Crippen molar-refractivity contribution in [2.24, 2.45) is 0 Å². The number of carbonyl (C=O) groups excluding carboxylic acids is 1. The van der Waals surface area contributed by atoms with E-state index in [4.69, 9.17) is 5.73 Å². The highest BCUT2D eigenvalue weighted by molar-refractivity contribution is 5.78. The van der Waals surface area contributed by atoms with Crippen molar-refractivity contribution in [3.8, 4) is 0 Å². The average molecular weight is 277 g/mol. The molecular weight excluding hydrogens is 250 g/mol. The Labute approximate surface area is 122 Å². The summed E-state index contributed by atoms with van der Waals surface area (Å²) in [6.45, 7) is 9.93. The van der Waals surface area contributed by atoms with Crippen molar-refractivity contribution < 1.29 is 4.79 Å². The van der Waals surface area contributed by atoms with Gasteiger partial charge < -0.3 is 10.6 Å². The predicted molar refractivity (Wildman–Crippen MR) is 84.4 cm³/mol. The lowest BCUT2D eigenvalue weighted by atomic mass is 10.2. The summed E-state index contributed by atoms with van der Waals surface area (Å²) in [6, 6.07) is 7.87. The van der Waals surface area contributed by atoms with Gasteiger partial charge in [-0.3, -0.25) is 9.69 Å². The minimum absolute atomic E-state index is 0.207. The van der Waals surface area contributed by atoms with Crippen molar-refractivity contribution in [3.05, 3.63) is 29.8 Å². The van der Waals surface area contributed by atoms with Gasteiger partial charge in [-0.05, 0) is 44.5 Å². The molecule has 1 aromatic carbocycles. The van der Waals surface area contributed by atoms with Crippen molar-refractivity contribution in [1.82, 2.24) is 9.80 Å². The first-order chi connectivity index (χ1) is 9.60. The Bertz CT molecular complexity index is 399. The van der Waals surface area contributed by atoms with Crippen LogP contribution in [0.15, 0.2) is 24.3 Å². The molecule has 0 radical (unpaired) electrons. The Kier molecular flexibility index (Phi) is 7.09. The van der Waals surface area contributed by atoms with E-state index in [2.05, 4.69) is 11.8 Å². The van der Waals surface area contributed by atoms with Crippen LogP contribution in [0.3, 0.4) is 0 Å². The lowest BCUT2D eigenvalue weighted by molar-refractivity contribution is -0.132. The third-order valence-corrected chi connectivity index (χ3v) is 3.40. The van der Waals surface area contributed by atoms with Crippen LogP contribution in [-0.4, -0.2) is 41.9 Å². The Morgan fingerprint density at radius 1 is 1.10 bits per heavy atom. The van der Waals surface area contributed by atoms with Crippen molar-refractivity contribution in [3.63, 3.8) is 0 Å². The summed E-state index contributed by atoms with van der Waals surface area (Å²) >= 11 is 0. The van der Waals surface area contributed by atoms with E-state index in [0.717, 1.165) is 38.3 Å². The summed E-state index contributed by atoms with van der Waals surface area (Å²) in [5.74, 6) is 0.207. The fourth-order valence-corrected chi connectivity index (χ4v) is 2.28. The van der Waals surface area contributed by atoms with E-state index >= 15 is 0 Å². The first-order valence-corrected chi connectivity index (χ1v) is 7.45. The second-order valence-corrected chi connectivity index (χ2v) is 5.02. The number of benzene rings is 1. The fraction of sp³-hybridized carbons (Fsp3) is 0.562. The van der Waals surface area contributed by atoms with Gasteiger partial charge in [-0.25, -0.2) is 0 Å². The topological polar surface area (TPSA) is 49.6 Å². The van der Waals surface area contributed by atoms with Crippen LogP contribution in [0.1, 0.15) is 32.8 Å². The van der Waals surface area contributed by atoms with Crippen molar-refractivity contribution in [2.75, 3.05) is 31.9 Å². The quantitative estimate of drug-likeness (QED) is 0.742. The Hall–Kier alpha value is -1.55. The Morgan fingerprint density at radius 2 is 1.70 bits per heavy atom. The molecule has 112 valence electrons. The maximum atomic E-state index is 12.2. The van der Waals surface area contributed by atoms with Crippen LogP contribution in [0.4, 0.5) is 5.69 Å². The molecule has 0 atom stereocenters. The maximum absolute atomic E-state index is 12.2. The first-order valence-electron chi connectivity index (χ1n) is 7.45. The molecule has 0 unspecified atom stereocenters. The number of nitrogens with two attached hydrogens (primary N) is 1.